The van der Waals surface area contributed by atoms with Crippen molar-refractivity contribution in [1.29, 1.82) is 0 Å². The fourth-order valence-corrected chi connectivity index (χ4v) is 4.38. The molecule has 2 aromatic rings. The van der Waals surface area contributed by atoms with Crippen LogP contribution in [0.15, 0.2) is 52.4 Å². The van der Waals surface area contributed by atoms with E-state index in [0.717, 1.165) is 5.56 Å². The van der Waals surface area contributed by atoms with Gasteiger partial charge in [-0.25, -0.2) is 4.39 Å². The van der Waals surface area contributed by atoms with Gasteiger partial charge in [0.05, 0.1) is 5.69 Å². The molecule has 0 N–H and O–H groups in total. The van der Waals surface area contributed by atoms with Gasteiger partial charge in [0.2, 0.25) is 5.91 Å². The molecule has 1 atom stereocenters. The second kappa shape index (κ2) is 5.98. The Balaban J connectivity index is 1.89. The quantitative estimate of drug-likeness (QED) is 0.811. The van der Waals surface area contributed by atoms with Crippen LogP contribution in [0.3, 0.4) is 0 Å². The van der Waals surface area contributed by atoms with Crippen molar-refractivity contribution in [2.24, 2.45) is 0 Å². The molecule has 0 fully saturated rings. The minimum atomic E-state index is -0.440. The number of ketones is 1. The van der Waals surface area contributed by atoms with Gasteiger partial charge in [-0.1, -0.05) is 12.1 Å². The minimum absolute atomic E-state index is 0.0845. The van der Waals surface area contributed by atoms with Crippen LogP contribution >= 0.6 is 11.3 Å². The largest absolute Gasteiger partial charge is 0.294 e. The van der Waals surface area contributed by atoms with Gasteiger partial charge < -0.3 is 0 Å². The van der Waals surface area contributed by atoms with E-state index in [1.165, 1.54) is 11.0 Å². The molecule has 122 valence electrons. The van der Waals surface area contributed by atoms with E-state index in [4.69, 9.17) is 0 Å². The lowest BCUT2D eigenvalue weighted by molar-refractivity contribution is -0.120. The van der Waals surface area contributed by atoms with Crippen LogP contribution in [0.4, 0.5) is 10.1 Å². The molecule has 1 aromatic heterocycles. The van der Waals surface area contributed by atoms with Gasteiger partial charge in [-0.05, 0) is 47.4 Å². The predicted octanol–water partition coefficient (Wildman–Crippen LogP) is 4.41. The first-order valence-corrected chi connectivity index (χ1v) is 8.97. The molecule has 24 heavy (non-hydrogen) atoms. The SMILES string of the molecule is O=C1CCCC2=C1[C@H](c1ccsc1)CC(=O)N2c1ccccc1F. The Bertz CT molecular complexity index is 841. The molecule has 2 heterocycles. The maximum Gasteiger partial charge on any atom is 0.232 e. The lowest BCUT2D eigenvalue weighted by Gasteiger charge is -2.38. The van der Waals surface area contributed by atoms with Crippen molar-refractivity contribution in [3.05, 3.63) is 63.7 Å². The summed E-state index contributed by atoms with van der Waals surface area (Å²) in [5.41, 5.74) is 2.63. The number of amides is 1. The van der Waals surface area contributed by atoms with Gasteiger partial charge in [-0.3, -0.25) is 14.5 Å². The zero-order valence-electron chi connectivity index (χ0n) is 13.0. The van der Waals surface area contributed by atoms with Crippen molar-refractivity contribution in [3.8, 4) is 0 Å². The molecule has 0 unspecified atom stereocenters. The summed E-state index contributed by atoms with van der Waals surface area (Å²) in [5.74, 6) is -0.703. The van der Waals surface area contributed by atoms with Crippen LogP contribution in [0.25, 0.3) is 0 Å². The van der Waals surface area contributed by atoms with Crippen molar-refractivity contribution >= 4 is 28.7 Å². The summed E-state index contributed by atoms with van der Waals surface area (Å²) >= 11 is 1.56. The highest BCUT2D eigenvalue weighted by Gasteiger charge is 2.40. The smallest absolute Gasteiger partial charge is 0.232 e. The first-order chi connectivity index (χ1) is 11.7. The maximum atomic E-state index is 14.3. The number of halogens is 1. The number of para-hydroxylation sites is 1. The minimum Gasteiger partial charge on any atom is -0.294 e. The van der Waals surface area contributed by atoms with E-state index in [2.05, 4.69) is 0 Å². The van der Waals surface area contributed by atoms with Crippen LogP contribution in [0, 0.1) is 5.82 Å². The van der Waals surface area contributed by atoms with Crippen LogP contribution in [-0.2, 0) is 9.59 Å². The third kappa shape index (κ3) is 2.40. The van der Waals surface area contributed by atoms with Crippen molar-refractivity contribution in [3.63, 3.8) is 0 Å². The number of benzene rings is 1. The molecular weight excluding hydrogens is 325 g/mol. The summed E-state index contributed by atoms with van der Waals surface area (Å²) in [6.07, 6.45) is 2.03. The number of hydrogen-bond acceptors (Lipinski definition) is 3. The molecule has 5 heteroatoms. The number of allylic oxidation sites excluding steroid dienone is 2. The molecule has 4 rings (SSSR count). The molecule has 1 aliphatic heterocycles. The predicted molar refractivity (Wildman–Crippen MR) is 91.4 cm³/mol. The molecule has 1 aliphatic carbocycles. The summed E-state index contributed by atoms with van der Waals surface area (Å²) in [5, 5.41) is 3.94. The Labute approximate surface area is 143 Å². The van der Waals surface area contributed by atoms with Crippen molar-refractivity contribution in [2.75, 3.05) is 4.90 Å². The molecule has 0 saturated heterocycles. The van der Waals surface area contributed by atoms with Crippen molar-refractivity contribution < 1.29 is 14.0 Å². The fourth-order valence-electron chi connectivity index (χ4n) is 3.66. The Kier molecular flexibility index (Phi) is 3.81. The average Bonchev–Trinajstić information content (AvgIpc) is 3.10. The highest BCUT2D eigenvalue weighted by molar-refractivity contribution is 7.08. The van der Waals surface area contributed by atoms with E-state index in [1.54, 1.807) is 29.5 Å². The van der Waals surface area contributed by atoms with Crippen LogP contribution in [0.5, 0.6) is 0 Å². The lowest BCUT2D eigenvalue weighted by Crippen LogP contribution is -2.40. The topological polar surface area (TPSA) is 37.4 Å². The molecule has 0 saturated carbocycles. The Morgan fingerprint density at radius 2 is 1.96 bits per heavy atom. The molecule has 0 radical (unpaired) electrons. The van der Waals surface area contributed by atoms with Crippen molar-refractivity contribution in [2.45, 2.75) is 31.6 Å². The maximum absolute atomic E-state index is 14.3. The Hall–Kier alpha value is -2.27. The second-order valence-electron chi connectivity index (χ2n) is 6.13. The Morgan fingerprint density at radius 1 is 1.12 bits per heavy atom. The van der Waals surface area contributed by atoms with Crippen LogP contribution < -0.4 is 4.90 Å². The van der Waals surface area contributed by atoms with E-state index in [1.807, 2.05) is 16.8 Å². The third-order valence-corrected chi connectivity index (χ3v) is 5.42. The van der Waals surface area contributed by atoms with E-state index >= 15 is 0 Å². The van der Waals surface area contributed by atoms with Gasteiger partial charge in [-0.2, -0.15) is 11.3 Å². The van der Waals surface area contributed by atoms with E-state index in [0.29, 0.717) is 30.5 Å². The highest BCUT2D eigenvalue weighted by atomic mass is 32.1. The van der Waals surface area contributed by atoms with Crippen LogP contribution in [0.1, 0.15) is 37.2 Å². The molecule has 2 aliphatic rings. The first kappa shape index (κ1) is 15.3. The number of rotatable bonds is 2. The molecular formula is C19H16FNO2S. The highest BCUT2D eigenvalue weighted by Crippen LogP contribution is 2.44. The first-order valence-electron chi connectivity index (χ1n) is 8.02. The molecule has 0 bridgehead atoms. The van der Waals surface area contributed by atoms with E-state index < -0.39 is 5.82 Å². The fraction of sp³-hybridized carbons (Fsp3) is 0.263. The summed E-state index contributed by atoms with van der Waals surface area (Å²) < 4.78 is 14.3. The zero-order valence-corrected chi connectivity index (χ0v) is 13.8. The molecule has 0 spiro atoms. The Morgan fingerprint density at radius 3 is 2.71 bits per heavy atom. The van der Waals surface area contributed by atoms with Gasteiger partial charge in [0.1, 0.15) is 5.82 Å². The molecule has 1 aromatic carbocycles. The number of hydrogen-bond donors (Lipinski definition) is 0. The van der Waals surface area contributed by atoms with Crippen molar-refractivity contribution in [1.82, 2.24) is 0 Å². The third-order valence-electron chi connectivity index (χ3n) is 4.71. The lowest BCUT2D eigenvalue weighted by atomic mass is 9.78. The van der Waals surface area contributed by atoms with Gasteiger partial charge in [0.25, 0.3) is 0 Å². The number of anilines is 1. The summed E-state index contributed by atoms with van der Waals surface area (Å²) in [4.78, 5) is 26.9. The second-order valence-corrected chi connectivity index (χ2v) is 6.91. The summed E-state index contributed by atoms with van der Waals surface area (Å²) in [6, 6.07) is 8.22. The average molecular weight is 341 g/mol. The monoisotopic (exact) mass is 341 g/mol. The normalized spacial score (nSPS) is 21.2. The number of Topliss-reactive ketones (excluding diaryl/α,β-unsaturated/α-hetero) is 1. The molecule has 3 nitrogen and oxygen atoms in total. The summed E-state index contributed by atoms with van der Waals surface area (Å²) in [6.45, 7) is 0. The number of carbonyl (C=O) groups excluding carboxylic acids is 2. The van der Waals surface area contributed by atoms with Gasteiger partial charge in [0, 0.05) is 30.0 Å². The van der Waals surface area contributed by atoms with Crippen LogP contribution in [0.2, 0.25) is 0 Å². The van der Waals surface area contributed by atoms with E-state index in [9.17, 15) is 14.0 Å². The number of nitrogens with zero attached hydrogens (tertiary/aromatic N) is 1. The van der Waals surface area contributed by atoms with E-state index in [-0.39, 0.29) is 29.7 Å². The summed E-state index contributed by atoms with van der Waals surface area (Å²) in [7, 11) is 0. The van der Waals surface area contributed by atoms with Gasteiger partial charge in [0.15, 0.2) is 5.78 Å². The molecule has 1 amide bonds. The van der Waals surface area contributed by atoms with Gasteiger partial charge >= 0.3 is 0 Å². The number of thiophene rings is 1. The number of carbonyl (C=O) groups is 2. The zero-order chi connectivity index (χ0) is 16.7. The van der Waals surface area contributed by atoms with Gasteiger partial charge in [-0.15, -0.1) is 0 Å². The van der Waals surface area contributed by atoms with Crippen LogP contribution in [-0.4, -0.2) is 11.7 Å². The standard InChI is InChI=1S/C19H16FNO2S/c20-14-4-1-2-5-15(14)21-16-6-3-7-17(22)19(16)13(10-18(21)23)12-8-9-24-11-12/h1-2,4-5,8-9,11,13H,3,6-7,10H2/t13-/m0/s1.